The smallest absolute Gasteiger partial charge is 0.160 e. The third-order valence-corrected chi connectivity index (χ3v) is 5.61. The molecular weight excluding hydrogens is 310 g/mol. The highest BCUT2D eigenvalue weighted by Crippen LogP contribution is 2.36. The minimum atomic E-state index is -1.42. The Bertz CT molecular complexity index is 309. The highest BCUT2D eigenvalue weighted by molar-refractivity contribution is 4.80. The average molecular weight is 349 g/mol. The van der Waals surface area contributed by atoms with Crippen molar-refractivity contribution in [2.75, 3.05) is 13.2 Å². The number of rotatable bonds is 6. The van der Waals surface area contributed by atoms with Crippen LogP contribution in [0.3, 0.4) is 0 Å². The van der Waals surface area contributed by atoms with Crippen LogP contribution >= 0.6 is 0 Å². The predicted molar refractivity (Wildman–Crippen MR) is 95.5 cm³/mol. The molecule has 1 saturated heterocycles. The average Bonchev–Trinajstić information content (AvgIpc) is 2.62. The monoisotopic (exact) mass is 348 g/mol. The van der Waals surface area contributed by atoms with Gasteiger partial charge in [-0.2, -0.15) is 0 Å². The zero-order chi connectivity index (χ0) is 18.1. The Balaban J connectivity index is 0.00000139. The second-order valence-electron chi connectivity index (χ2n) is 7.41. The largest absolute Gasteiger partial charge is 0.352 e. The van der Waals surface area contributed by atoms with E-state index in [1.54, 1.807) is 0 Å². The van der Waals surface area contributed by atoms with E-state index in [0.29, 0.717) is 25.0 Å². The number of alkyl halides is 2. The summed E-state index contributed by atoms with van der Waals surface area (Å²) in [4.78, 5) is 0. The van der Waals surface area contributed by atoms with E-state index in [4.69, 9.17) is 9.47 Å². The molecule has 0 N–H and O–H groups in total. The molecule has 0 radical (unpaired) electrons. The lowest BCUT2D eigenvalue weighted by Gasteiger charge is -2.39. The van der Waals surface area contributed by atoms with E-state index in [1.807, 2.05) is 20.8 Å². The normalized spacial score (nSPS) is 34.6. The fourth-order valence-corrected chi connectivity index (χ4v) is 3.78. The maximum Gasteiger partial charge on any atom is 0.160 e. The molecule has 0 aromatic rings. The van der Waals surface area contributed by atoms with Crippen LogP contribution in [0.25, 0.3) is 0 Å². The Labute approximate surface area is 147 Å². The van der Waals surface area contributed by atoms with Crippen LogP contribution in [0, 0.1) is 23.7 Å². The quantitative estimate of drug-likeness (QED) is 0.591. The third-order valence-electron chi connectivity index (χ3n) is 5.61. The second-order valence-corrected chi connectivity index (χ2v) is 7.41. The van der Waals surface area contributed by atoms with Crippen molar-refractivity contribution in [3.05, 3.63) is 0 Å². The molecule has 0 bridgehead atoms. The van der Waals surface area contributed by atoms with E-state index >= 15 is 0 Å². The molecule has 4 heteroatoms. The fraction of sp³-hybridized carbons (Fsp3) is 1.00. The number of ether oxygens (including phenoxy) is 2. The van der Waals surface area contributed by atoms with Crippen LogP contribution in [-0.4, -0.2) is 31.8 Å². The zero-order valence-electron chi connectivity index (χ0n) is 16.3. The zero-order valence-corrected chi connectivity index (χ0v) is 16.3. The Morgan fingerprint density at radius 3 is 1.96 bits per heavy atom. The third kappa shape index (κ3) is 6.59. The molecule has 2 fully saturated rings. The molecule has 144 valence electrons. The van der Waals surface area contributed by atoms with Crippen LogP contribution in [-0.2, 0) is 9.47 Å². The van der Waals surface area contributed by atoms with Crippen molar-refractivity contribution in [2.45, 2.75) is 91.8 Å². The summed E-state index contributed by atoms with van der Waals surface area (Å²) in [5, 5.41) is 0. The Hall–Kier alpha value is -0.220. The van der Waals surface area contributed by atoms with Crippen LogP contribution in [0.1, 0.15) is 73.1 Å². The van der Waals surface area contributed by atoms with Crippen molar-refractivity contribution >= 4 is 0 Å². The van der Waals surface area contributed by atoms with Gasteiger partial charge >= 0.3 is 0 Å². The van der Waals surface area contributed by atoms with Crippen LogP contribution in [0.2, 0.25) is 0 Å². The molecule has 0 aromatic heterocycles. The standard InChI is InChI=1S/C18H32F2O2.C2H6/c1-4-14(9-17(20)13(3)19)18-21-10-16(11-22-18)15-7-5-12(2)6-8-15;1-2/h12-18H,4-11H2,1-3H3;1-2H3. The molecule has 0 amide bonds. The summed E-state index contributed by atoms with van der Waals surface area (Å²) in [7, 11) is 0. The predicted octanol–water partition coefficient (Wildman–Crippen LogP) is 5.94. The minimum absolute atomic E-state index is 0.0551. The summed E-state index contributed by atoms with van der Waals surface area (Å²) in [6.45, 7) is 11.0. The Morgan fingerprint density at radius 1 is 0.958 bits per heavy atom. The first-order valence-corrected chi connectivity index (χ1v) is 10.0. The summed E-state index contributed by atoms with van der Waals surface area (Å²) >= 11 is 0. The van der Waals surface area contributed by atoms with Gasteiger partial charge < -0.3 is 9.47 Å². The molecule has 0 aromatic carbocycles. The van der Waals surface area contributed by atoms with Crippen molar-refractivity contribution in [1.29, 1.82) is 0 Å². The number of halogens is 2. The first-order valence-electron chi connectivity index (χ1n) is 10.0. The molecule has 1 heterocycles. The van der Waals surface area contributed by atoms with Crippen molar-refractivity contribution in [2.24, 2.45) is 23.7 Å². The van der Waals surface area contributed by atoms with E-state index < -0.39 is 12.3 Å². The topological polar surface area (TPSA) is 18.5 Å². The Morgan fingerprint density at radius 2 is 1.50 bits per heavy atom. The van der Waals surface area contributed by atoms with Gasteiger partial charge in [-0.25, -0.2) is 8.78 Å². The molecule has 1 aliphatic heterocycles. The summed E-state index contributed by atoms with van der Waals surface area (Å²) in [6, 6.07) is 0. The molecule has 1 aliphatic carbocycles. The van der Waals surface area contributed by atoms with Gasteiger partial charge in [0.1, 0.15) is 12.3 Å². The van der Waals surface area contributed by atoms with Crippen LogP contribution in [0.4, 0.5) is 8.78 Å². The van der Waals surface area contributed by atoms with E-state index in [-0.39, 0.29) is 18.6 Å². The maximum atomic E-state index is 13.6. The van der Waals surface area contributed by atoms with Gasteiger partial charge in [-0.05, 0) is 44.4 Å². The lowest BCUT2D eigenvalue weighted by atomic mass is 9.76. The SMILES string of the molecule is CC.CCC(CC(F)C(C)F)C1OCC(C2CCC(C)CC2)CO1. The van der Waals surface area contributed by atoms with E-state index in [0.717, 1.165) is 12.3 Å². The van der Waals surface area contributed by atoms with Crippen LogP contribution < -0.4 is 0 Å². The minimum Gasteiger partial charge on any atom is -0.352 e. The molecule has 2 nitrogen and oxygen atoms in total. The molecule has 3 unspecified atom stereocenters. The molecule has 24 heavy (non-hydrogen) atoms. The van der Waals surface area contributed by atoms with E-state index in [2.05, 4.69) is 6.92 Å². The fourth-order valence-electron chi connectivity index (χ4n) is 3.78. The Kier molecular flexibility index (Phi) is 10.4. The van der Waals surface area contributed by atoms with Gasteiger partial charge in [0, 0.05) is 11.8 Å². The van der Waals surface area contributed by atoms with Gasteiger partial charge in [0.2, 0.25) is 0 Å². The molecule has 2 aliphatic rings. The van der Waals surface area contributed by atoms with Gasteiger partial charge in [0.25, 0.3) is 0 Å². The van der Waals surface area contributed by atoms with Crippen molar-refractivity contribution in [3.8, 4) is 0 Å². The molecular formula is C20H38F2O2. The lowest BCUT2D eigenvalue weighted by molar-refractivity contribution is -0.235. The summed E-state index contributed by atoms with van der Waals surface area (Å²) in [5.74, 6) is 1.98. The summed E-state index contributed by atoms with van der Waals surface area (Å²) in [5.41, 5.74) is 0. The number of hydrogen-bond donors (Lipinski definition) is 0. The lowest BCUT2D eigenvalue weighted by Crippen LogP contribution is -2.41. The van der Waals surface area contributed by atoms with Crippen molar-refractivity contribution in [3.63, 3.8) is 0 Å². The molecule has 0 spiro atoms. The van der Waals surface area contributed by atoms with Gasteiger partial charge in [0.15, 0.2) is 6.29 Å². The van der Waals surface area contributed by atoms with Crippen LogP contribution in [0.15, 0.2) is 0 Å². The molecule has 2 rings (SSSR count). The first-order chi connectivity index (χ1) is 11.5. The van der Waals surface area contributed by atoms with E-state index in [1.165, 1.54) is 32.6 Å². The molecule has 1 saturated carbocycles. The second kappa shape index (κ2) is 11.4. The maximum absolute atomic E-state index is 13.6. The van der Waals surface area contributed by atoms with Gasteiger partial charge in [0.05, 0.1) is 13.2 Å². The molecule has 3 atom stereocenters. The first kappa shape index (κ1) is 21.8. The van der Waals surface area contributed by atoms with E-state index in [9.17, 15) is 8.78 Å². The van der Waals surface area contributed by atoms with Gasteiger partial charge in [-0.15, -0.1) is 0 Å². The van der Waals surface area contributed by atoms with Crippen molar-refractivity contribution < 1.29 is 18.3 Å². The van der Waals surface area contributed by atoms with Crippen molar-refractivity contribution in [1.82, 2.24) is 0 Å². The highest BCUT2D eigenvalue weighted by Gasteiger charge is 2.35. The summed E-state index contributed by atoms with van der Waals surface area (Å²) < 4.78 is 38.5. The van der Waals surface area contributed by atoms with Gasteiger partial charge in [-0.3, -0.25) is 0 Å². The summed E-state index contributed by atoms with van der Waals surface area (Å²) in [6.07, 6.45) is 2.89. The highest BCUT2D eigenvalue weighted by atomic mass is 19.2. The number of hydrogen-bond acceptors (Lipinski definition) is 2. The van der Waals surface area contributed by atoms with Gasteiger partial charge in [-0.1, -0.05) is 40.5 Å². The van der Waals surface area contributed by atoms with Crippen LogP contribution in [0.5, 0.6) is 0 Å².